The number of esters is 1. The number of ether oxygens (including phenoxy) is 1. The van der Waals surface area contributed by atoms with Crippen molar-refractivity contribution in [2.24, 2.45) is 0 Å². The van der Waals surface area contributed by atoms with Crippen molar-refractivity contribution in [2.45, 2.75) is 26.2 Å². The van der Waals surface area contributed by atoms with E-state index in [2.05, 4.69) is 5.32 Å². The van der Waals surface area contributed by atoms with Gasteiger partial charge in [0.15, 0.2) is 6.61 Å². The molecule has 3 rings (SSSR count). The van der Waals surface area contributed by atoms with Crippen molar-refractivity contribution in [1.82, 2.24) is 0 Å². The lowest BCUT2D eigenvalue weighted by atomic mass is 10.2. The van der Waals surface area contributed by atoms with Crippen LogP contribution in [0, 0.1) is 17.0 Å². The van der Waals surface area contributed by atoms with Crippen LogP contribution < -0.4 is 5.32 Å². The number of nitro groups is 1. The smallest absolute Gasteiger partial charge is 0.348 e. The van der Waals surface area contributed by atoms with Gasteiger partial charge in [0.05, 0.1) is 10.6 Å². The van der Waals surface area contributed by atoms with E-state index in [4.69, 9.17) is 4.74 Å². The minimum Gasteiger partial charge on any atom is -0.451 e. The maximum absolute atomic E-state index is 12.0. The van der Waals surface area contributed by atoms with Crippen LogP contribution in [0.3, 0.4) is 0 Å². The summed E-state index contributed by atoms with van der Waals surface area (Å²) in [5, 5.41) is 13.3. The third kappa shape index (κ3) is 3.85. The Morgan fingerprint density at radius 1 is 1.32 bits per heavy atom. The Bertz CT molecular complexity index is 837. The van der Waals surface area contributed by atoms with Gasteiger partial charge in [0, 0.05) is 17.0 Å². The van der Waals surface area contributed by atoms with Crippen molar-refractivity contribution < 1.29 is 19.2 Å². The van der Waals surface area contributed by atoms with Crippen molar-refractivity contribution in [3.8, 4) is 0 Å². The molecule has 8 heteroatoms. The van der Waals surface area contributed by atoms with Gasteiger partial charge in [-0.3, -0.25) is 14.9 Å². The van der Waals surface area contributed by atoms with Gasteiger partial charge in [-0.1, -0.05) is 6.07 Å². The molecule has 1 amide bonds. The molecule has 0 atom stereocenters. The number of rotatable bonds is 5. The number of nitrogens with one attached hydrogen (secondary N) is 1. The first-order valence-electron chi connectivity index (χ1n) is 7.77. The zero-order chi connectivity index (χ0) is 18.0. The molecule has 0 spiro atoms. The van der Waals surface area contributed by atoms with Gasteiger partial charge in [-0.25, -0.2) is 4.79 Å². The van der Waals surface area contributed by atoms with Gasteiger partial charge in [-0.15, -0.1) is 11.3 Å². The summed E-state index contributed by atoms with van der Waals surface area (Å²) in [7, 11) is 0. The van der Waals surface area contributed by atoms with Gasteiger partial charge in [0.25, 0.3) is 11.6 Å². The molecule has 0 unspecified atom stereocenters. The molecule has 7 nitrogen and oxygen atoms in total. The van der Waals surface area contributed by atoms with E-state index in [1.54, 1.807) is 13.0 Å². The number of benzene rings is 1. The predicted octanol–water partition coefficient (Wildman–Crippen LogP) is 3.25. The van der Waals surface area contributed by atoms with E-state index in [0.717, 1.165) is 19.3 Å². The fourth-order valence-electron chi connectivity index (χ4n) is 2.68. The number of nitro benzene ring substituents is 1. The summed E-state index contributed by atoms with van der Waals surface area (Å²) in [5.74, 6) is -1.06. The highest BCUT2D eigenvalue weighted by molar-refractivity contribution is 7.14. The van der Waals surface area contributed by atoms with E-state index in [1.807, 2.05) is 6.07 Å². The van der Waals surface area contributed by atoms with Crippen molar-refractivity contribution in [3.05, 3.63) is 55.3 Å². The summed E-state index contributed by atoms with van der Waals surface area (Å²) in [6.45, 7) is 1.28. The predicted molar refractivity (Wildman–Crippen MR) is 93.1 cm³/mol. The number of aryl methyl sites for hydroxylation is 3. The lowest BCUT2D eigenvalue weighted by Gasteiger charge is -2.08. The Labute approximate surface area is 147 Å². The number of carbonyl (C=O) groups is 2. The van der Waals surface area contributed by atoms with Crippen LogP contribution in [-0.4, -0.2) is 23.4 Å². The minimum atomic E-state index is -0.541. The maximum Gasteiger partial charge on any atom is 0.348 e. The number of nitrogens with zero attached hydrogens (tertiary/aromatic N) is 1. The van der Waals surface area contributed by atoms with Gasteiger partial charge in [0.2, 0.25) is 0 Å². The molecule has 0 bridgehead atoms. The van der Waals surface area contributed by atoms with Crippen molar-refractivity contribution in [2.75, 3.05) is 11.9 Å². The van der Waals surface area contributed by atoms with Crippen LogP contribution in [0.1, 0.15) is 32.1 Å². The van der Waals surface area contributed by atoms with Crippen LogP contribution in [0.4, 0.5) is 11.4 Å². The van der Waals surface area contributed by atoms with Gasteiger partial charge in [0.1, 0.15) is 4.88 Å². The number of amides is 1. The molecule has 1 aliphatic rings. The molecule has 25 heavy (non-hydrogen) atoms. The zero-order valence-electron chi connectivity index (χ0n) is 13.5. The summed E-state index contributed by atoms with van der Waals surface area (Å²) in [6, 6.07) is 6.02. The SMILES string of the molecule is Cc1ccc([N+](=O)[O-])cc1NC(=O)COC(=O)c1cc2c(s1)CCC2. The van der Waals surface area contributed by atoms with Crippen molar-refractivity contribution >= 4 is 34.6 Å². The first-order valence-corrected chi connectivity index (χ1v) is 8.59. The Morgan fingerprint density at radius 2 is 2.12 bits per heavy atom. The summed E-state index contributed by atoms with van der Waals surface area (Å²) >= 11 is 1.41. The molecular weight excluding hydrogens is 344 g/mol. The van der Waals surface area contributed by atoms with E-state index >= 15 is 0 Å². The quantitative estimate of drug-likeness (QED) is 0.501. The lowest BCUT2D eigenvalue weighted by Crippen LogP contribution is -2.21. The zero-order valence-corrected chi connectivity index (χ0v) is 14.4. The van der Waals surface area contributed by atoms with Crippen LogP contribution in [0.5, 0.6) is 0 Å². The second-order valence-electron chi connectivity index (χ2n) is 5.79. The van der Waals surface area contributed by atoms with E-state index in [1.165, 1.54) is 33.9 Å². The largest absolute Gasteiger partial charge is 0.451 e. The third-order valence-electron chi connectivity index (χ3n) is 3.99. The second kappa shape index (κ2) is 7.02. The van der Waals surface area contributed by atoms with Crippen LogP contribution >= 0.6 is 11.3 Å². The number of thiophene rings is 1. The van der Waals surface area contributed by atoms with E-state index in [9.17, 15) is 19.7 Å². The molecule has 2 aromatic rings. The number of hydrogen-bond acceptors (Lipinski definition) is 6. The molecule has 0 saturated carbocycles. The van der Waals surface area contributed by atoms with Crippen LogP contribution in [0.2, 0.25) is 0 Å². The van der Waals surface area contributed by atoms with E-state index < -0.39 is 23.4 Å². The summed E-state index contributed by atoms with van der Waals surface area (Å²) < 4.78 is 5.04. The number of anilines is 1. The first-order chi connectivity index (χ1) is 11.9. The minimum absolute atomic E-state index is 0.119. The van der Waals surface area contributed by atoms with Crippen LogP contribution in [0.25, 0.3) is 0 Å². The Balaban J connectivity index is 1.58. The monoisotopic (exact) mass is 360 g/mol. The Morgan fingerprint density at radius 3 is 2.84 bits per heavy atom. The van der Waals surface area contributed by atoms with Gasteiger partial charge >= 0.3 is 5.97 Å². The molecule has 1 aromatic carbocycles. The van der Waals surface area contributed by atoms with Crippen LogP contribution in [0.15, 0.2) is 24.3 Å². The molecule has 1 aromatic heterocycles. The second-order valence-corrected chi connectivity index (χ2v) is 6.93. The van der Waals surface area contributed by atoms with Crippen LogP contribution in [-0.2, 0) is 22.4 Å². The van der Waals surface area contributed by atoms with Gasteiger partial charge in [-0.05, 0) is 43.4 Å². The third-order valence-corrected chi connectivity index (χ3v) is 5.21. The van der Waals surface area contributed by atoms with E-state index in [0.29, 0.717) is 16.1 Å². The number of carbonyl (C=O) groups excluding carboxylic acids is 2. The molecule has 1 aliphatic carbocycles. The molecule has 0 saturated heterocycles. The van der Waals surface area contributed by atoms with Crippen molar-refractivity contribution in [1.29, 1.82) is 0 Å². The molecule has 1 N–H and O–H groups in total. The normalized spacial score (nSPS) is 12.5. The van der Waals surface area contributed by atoms with Crippen molar-refractivity contribution in [3.63, 3.8) is 0 Å². The summed E-state index contributed by atoms with van der Waals surface area (Å²) in [4.78, 5) is 36.0. The molecule has 130 valence electrons. The van der Waals surface area contributed by atoms with E-state index in [-0.39, 0.29) is 5.69 Å². The Kier molecular flexibility index (Phi) is 4.80. The molecular formula is C17H16N2O5S. The highest BCUT2D eigenvalue weighted by Gasteiger charge is 2.20. The maximum atomic E-state index is 12.0. The van der Waals surface area contributed by atoms with Gasteiger partial charge < -0.3 is 10.1 Å². The number of non-ortho nitro benzene ring substituents is 1. The highest BCUT2D eigenvalue weighted by Crippen LogP contribution is 2.31. The summed E-state index contributed by atoms with van der Waals surface area (Å²) in [5.41, 5.74) is 2.07. The highest BCUT2D eigenvalue weighted by atomic mass is 32.1. The molecule has 1 heterocycles. The lowest BCUT2D eigenvalue weighted by molar-refractivity contribution is -0.384. The fourth-order valence-corrected chi connectivity index (χ4v) is 3.82. The first kappa shape index (κ1) is 17.1. The topological polar surface area (TPSA) is 98.5 Å². The fraction of sp³-hybridized carbons (Fsp3) is 0.294. The molecule has 0 fully saturated rings. The number of hydrogen-bond donors (Lipinski definition) is 1. The average Bonchev–Trinajstić information content (AvgIpc) is 3.16. The molecule has 0 aliphatic heterocycles. The average molecular weight is 360 g/mol. The van der Waals surface area contributed by atoms with Gasteiger partial charge in [-0.2, -0.15) is 0 Å². The molecule has 0 radical (unpaired) electrons. The summed E-state index contributed by atoms with van der Waals surface area (Å²) in [6.07, 6.45) is 3.08. The number of fused-ring (bicyclic) bond motifs is 1. The Hall–Kier alpha value is -2.74. The standard InChI is InChI=1S/C17H16N2O5S/c1-10-5-6-12(19(22)23)8-13(10)18-16(20)9-24-17(21)15-7-11-3-2-4-14(11)25-15/h5-8H,2-4,9H2,1H3,(H,18,20).